The van der Waals surface area contributed by atoms with Crippen LogP contribution in [0, 0.1) is 0 Å². The van der Waals surface area contributed by atoms with E-state index in [4.69, 9.17) is 22.1 Å². The van der Waals surface area contributed by atoms with Crippen LogP contribution in [0.5, 0.6) is 5.75 Å². The maximum Gasteiger partial charge on any atom is 0.159 e. The molecular weight excluding hydrogens is 262 g/mol. The fourth-order valence-corrected chi connectivity index (χ4v) is 1.90. The minimum Gasteiger partial charge on any atom is -0.487 e. The van der Waals surface area contributed by atoms with Gasteiger partial charge in [-0.3, -0.25) is 4.79 Å². The van der Waals surface area contributed by atoms with Gasteiger partial charge in [-0.2, -0.15) is 0 Å². The van der Waals surface area contributed by atoms with Crippen molar-refractivity contribution in [3.63, 3.8) is 0 Å². The number of nitrogens with two attached hydrogens (primary N) is 1. The Morgan fingerprint density at radius 1 is 1.26 bits per heavy atom. The van der Waals surface area contributed by atoms with E-state index in [0.29, 0.717) is 28.6 Å². The molecule has 98 valence electrons. The van der Waals surface area contributed by atoms with Crippen LogP contribution in [0.3, 0.4) is 0 Å². The number of ether oxygens (including phenoxy) is 1. The highest BCUT2D eigenvalue weighted by atomic mass is 35.5. The number of rotatable bonds is 4. The SMILES string of the molecule is CC(=O)c1ccc(OCc2cccc(Cl)c2)c(N)c1. The Balaban J connectivity index is 2.10. The van der Waals surface area contributed by atoms with Crippen molar-refractivity contribution in [3.8, 4) is 5.75 Å². The zero-order valence-corrected chi connectivity index (χ0v) is 11.3. The molecule has 0 fully saturated rings. The minimum atomic E-state index is -0.0203. The van der Waals surface area contributed by atoms with Gasteiger partial charge >= 0.3 is 0 Å². The van der Waals surface area contributed by atoms with Gasteiger partial charge < -0.3 is 10.5 Å². The lowest BCUT2D eigenvalue weighted by Crippen LogP contribution is -2.01. The number of carbonyl (C=O) groups is 1. The van der Waals surface area contributed by atoms with E-state index in [9.17, 15) is 4.79 Å². The average Bonchev–Trinajstić information content (AvgIpc) is 2.37. The van der Waals surface area contributed by atoms with Crippen LogP contribution in [0.15, 0.2) is 42.5 Å². The lowest BCUT2D eigenvalue weighted by molar-refractivity contribution is 0.101. The zero-order chi connectivity index (χ0) is 13.8. The largest absolute Gasteiger partial charge is 0.487 e. The maximum atomic E-state index is 11.2. The standard InChI is InChI=1S/C15H14ClNO2/c1-10(18)12-5-6-15(14(17)8-12)19-9-11-3-2-4-13(16)7-11/h2-8H,9,17H2,1H3. The molecule has 0 spiro atoms. The van der Waals surface area contributed by atoms with Crippen molar-refractivity contribution in [3.05, 3.63) is 58.6 Å². The number of halogens is 1. The highest BCUT2D eigenvalue weighted by molar-refractivity contribution is 6.30. The number of hydrogen-bond donors (Lipinski definition) is 1. The van der Waals surface area contributed by atoms with E-state index in [1.54, 1.807) is 24.3 Å². The quantitative estimate of drug-likeness (QED) is 0.684. The average molecular weight is 276 g/mol. The minimum absolute atomic E-state index is 0.0203. The molecule has 0 unspecified atom stereocenters. The van der Waals surface area contributed by atoms with Crippen LogP contribution in [-0.2, 0) is 6.61 Å². The van der Waals surface area contributed by atoms with Gasteiger partial charge in [0, 0.05) is 10.6 Å². The van der Waals surface area contributed by atoms with E-state index in [-0.39, 0.29) is 5.78 Å². The van der Waals surface area contributed by atoms with Gasteiger partial charge in [0.1, 0.15) is 12.4 Å². The molecule has 3 nitrogen and oxygen atoms in total. The summed E-state index contributed by atoms with van der Waals surface area (Å²) in [4.78, 5) is 11.2. The molecule has 0 amide bonds. The summed E-state index contributed by atoms with van der Waals surface area (Å²) < 4.78 is 5.62. The highest BCUT2D eigenvalue weighted by Crippen LogP contribution is 2.24. The summed E-state index contributed by atoms with van der Waals surface area (Å²) in [5.74, 6) is 0.540. The molecule has 4 heteroatoms. The summed E-state index contributed by atoms with van der Waals surface area (Å²) in [5, 5.41) is 0.668. The zero-order valence-electron chi connectivity index (χ0n) is 10.5. The lowest BCUT2D eigenvalue weighted by atomic mass is 10.1. The number of ketones is 1. The summed E-state index contributed by atoms with van der Waals surface area (Å²) >= 11 is 5.90. The van der Waals surface area contributed by atoms with Crippen molar-refractivity contribution in [2.45, 2.75) is 13.5 Å². The van der Waals surface area contributed by atoms with Crippen LogP contribution in [0.4, 0.5) is 5.69 Å². The molecule has 19 heavy (non-hydrogen) atoms. The molecule has 2 N–H and O–H groups in total. The molecule has 0 bridgehead atoms. The van der Waals surface area contributed by atoms with Crippen LogP contribution in [0.25, 0.3) is 0 Å². The van der Waals surface area contributed by atoms with E-state index in [0.717, 1.165) is 5.56 Å². The van der Waals surface area contributed by atoms with Gasteiger partial charge in [0.25, 0.3) is 0 Å². The number of anilines is 1. The van der Waals surface area contributed by atoms with Crippen LogP contribution in [0.1, 0.15) is 22.8 Å². The monoisotopic (exact) mass is 275 g/mol. The van der Waals surface area contributed by atoms with Gasteiger partial charge in [0.2, 0.25) is 0 Å². The van der Waals surface area contributed by atoms with Crippen molar-refractivity contribution in [2.24, 2.45) is 0 Å². The predicted octanol–water partition coefficient (Wildman–Crippen LogP) is 3.70. The molecule has 2 aromatic carbocycles. The van der Waals surface area contributed by atoms with Crippen LogP contribution < -0.4 is 10.5 Å². The number of carbonyl (C=O) groups excluding carboxylic acids is 1. The number of Topliss-reactive ketones (excluding diaryl/α,β-unsaturated/α-hetero) is 1. The first kappa shape index (κ1) is 13.4. The Morgan fingerprint density at radius 2 is 2.05 bits per heavy atom. The van der Waals surface area contributed by atoms with E-state index >= 15 is 0 Å². The molecule has 0 atom stereocenters. The molecule has 0 saturated heterocycles. The van der Waals surface area contributed by atoms with Gasteiger partial charge in [-0.1, -0.05) is 23.7 Å². The normalized spacial score (nSPS) is 10.2. The molecular formula is C15H14ClNO2. The predicted molar refractivity (Wildman–Crippen MR) is 76.6 cm³/mol. The molecule has 0 aliphatic heterocycles. The Labute approximate surface area is 117 Å². The third-order valence-electron chi connectivity index (χ3n) is 2.70. The number of hydrogen-bond acceptors (Lipinski definition) is 3. The smallest absolute Gasteiger partial charge is 0.159 e. The third kappa shape index (κ3) is 3.48. The van der Waals surface area contributed by atoms with Crippen LogP contribution >= 0.6 is 11.6 Å². The summed E-state index contributed by atoms with van der Waals surface area (Å²) in [6, 6.07) is 12.5. The van der Waals surface area contributed by atoms with Crippen molar-refractivity contribution in [2.75, 3.05) is 5.73 Å². The van der Waals surface area contributed by atoms with E-state index in [2.05, 4.69) is 0 Å². The first-order valence-corrected chi connectivity index (χ1v) is 6.22. The molecule has 0 aliphatic rings. The molecule has 0 aliphatic carbocycles. The van der Waals surface area contributed by atoms with Gasteiger partial charge in [-0.15, -0.1) is 0 Å². The molecule has 2 aromatic rings. The van der Waals surface area contributed by atoms with E-state index < -0.39 is 0 Å². The van der Waals surface area contributed by atoms with E-state index in [1.165, 1.54) is 6.92 Å². The molecule has 2 rings (SSSR count). The van der Waals surface area contributed by atoms with Crippen LogP contribution in [0.2, 0.25) is 5.02 Å². The van der Waals surface area contributed by atoms with Crippen molar-refractivity contribution < 1.29 is 9.53 Å². The molecule has 0 aromatic heterocycles. The maximum absolute atomic E-state index is 11.2. The fourth-order valence-electron chi connectivity index (χ4n) is 1.69. The Hall–Kier alpha value is -2.00. The van der Waals surface area contributed by atoms with Crippen molar-refractivity contribution >= 4 is 23.1 Å². The first-order chi connectivity index (χ1) is 9.06. The Kier molecular flexibility index (Phi) is 4.07. The first-order valence-electron chi connectivity index (χ1n) is 5.84. The Bertz CT molecular complexity index is 611. The second-order valence-electron chi connectivity index (χ2n) is 4.23. The second kappa shape index (κ2) is 5.76. The van der Waals surface area contributed by atoms with Crippen LogP contribution in [-0.4, -0.2) is 5.78 Å². The van der Waals surface area contributed by atoms with Gasteiger partial charge in [0.15, 0.2) is 5.78 Å². The van der Waals surface area contributed by atoms with E-state index in [1.807, 2.05) is 18.2 Å². The molecule has 0 heterocycles. The van der Waals surface area contributed by atoms with Crippen molar-refractivity contribution in [1.29, 1.82) is 0 Å². The molecule has 0 radical (unpaired) electrons. The summed E-state index contributed by atoms with van der Waals surface area (Å²) in [6.45, 7) is 1.88. The number of benzene rings is 2. The lowest BCUT2D eigenvalue weighted by Gasteiger charge is -2.10. The van der Waals surface area contributed by atoms with Gasteiger partial charge in [-0.25, -0.2) is 0 Å². The number of nitrogen functional groups attached to an aromatic ring is 1. The summed E-state index contributed by atoms with van der Waals surface area (Å²) in [5.41, 5.74) is 7.84. The van der Waals surface area contributed by atoms with Gasteiger partial charge in [0.05, 0.1) is 5.69 Å². The van der Waals surface area contributed by atoms with Gasteiger partial charge in [-0.05, 0) is 42.8 Å². The fraction of sp³-hybridized carbons (Fsp3) is 0.133. The Morgan fingerprint density at radius 3 is 2.68 bits per heavy atom. The van der Waals surface area contributed by atoms with Crippen molar-refractivity contribution in [1.82, 2.24) is 0 Å². The molecule has 0 saturated carbocycles. The summed E-state index contributed by atoms with van der Waals surface area (Å²) in [6.07, 6.45) is 0. The third-order valence-corrected chi connectivity index (χ3v) is 2.93. The summed E-state index contributed by atoms with van der Waals surface area (Å²) in [7, 11) is 0. The topological polar surface area (TPSA) is 52.3 Å². The highest BCUT2D eigenvalue weighted by Gasteiger charge is 2.05. The second-order valence-corrected chi connectivity index (χ2v) is 4.66.